The van der Waals surface area contributed by atoms with Gasteiger partial charge in [-0.3, -0.25) is 0 Å². The third kappa shape index (κ3) is 2.84. The van der Waals surface area contributed by atoms with Gasteiger partial charge in [0.25, 0.3) is 0 Å². The van der Waals surface area contributed by atoms with Crippen LogP contribution in [0.5, 0.6) is 0 Å². The van der Waals surface area contributed by atoms with Gasteiger partial charge in [-0.2, -0.15) is 0 Å². The molecule has 1 aliphatic rings. The van der Waals surface area contributed by atoms with E-state index in [9.17, 15) is 0 Å². The van der Waals surface area contributed by atoms with Gasteiger partial charge >= 0.3 is 0 Å². The molecule has 2 rings (SSSR count). The lowest BCUT2D eigenvalue weighted by Crippen LogP contribution is -2.42. The normalized spacial score (nSPS) is 26.2. The molecule has 0 saturated carbocycles. The van der Waals surface area contributed by atoms with Gasteiger partial charge in [-0.25, -0.2) is 0 Å². The zero-order valence-corrected chi connectivity index (χ0v) is 11.3. The van der Waals surface area contributed by atoms with Crippen molar-refractivity contribution < 1.29 is 0 Å². The van der Waals surface area contributed by atoms with Crippen molar-refractivity contribution in [1.82, 2.24) is 4.90 Å². The maximum Gasteiger partial charge on any atom is 0.0298 e. The summed E-state index contributed by atoms with van der Waals surface area (Å²) in [7, 11) is 2.15. The first-order valence-corrected chi connectivity index (χ1v) is 6.59. The molecule has 1 saturated heterocycles. The van der Waals surface area contributed by atoms with Gasteiger partial charge in [0.1, 0.15) is 0 Å². The Bertz CT molecular complexity index is 367. The average Bonchev–Trinajstić information content (AvgIpc) is 2.58. The van der Waals surface area contributed by atoms with Crippen LogP contribution in [0.4, 0.5) is 0 Å². The second kappa shape index (κ2) is 4.86. The molecule has 3 heteroatoms. The lowest BCUT2D eigenvalue weighted by molar-refractivity contribution is 0.354. The number of nitrogens with zero attached hydrogens (tertiary/aromatic N) is 1. The molecule has 0 bridgehead atoms. The van der Waals surface area contributed by atoms with Gasteiger partial charge in [0.05, 0.1) is 0 Å². The Morgan fingerprint density at radius 3 is 2.81 bits per heavy atom. The van der Waals surface area contributed by atoms with Gasteiger partial charge in [-0.15, -0.1) is 0 Å². The molecule has 1 fully saturated rings. The van der Waals surface area contributed by atoms with E-state index in [2.05, 4.69) is 52.1 Å². The standard InChI is InChI=1S/C13H19BrN2/c1-16-9-8-13(15,10-16)7-6-11-4-2-3-5-12(11)14/h2-5H,6-10,15H2,1H3. The summed E-state index contributed by atoms with van der Waals surface area (Å²) >= 11 is 3.58. The quantitative estimate of drug-likeness (QED) is 0.923. The Hall–Kier alpha value is -0.380. The van der Waals surface area contributed by atoms with E-state index in [1.807, 2.05) is 0 Å². The first-order valence-electron chi connectivity index (χ1n) is 5.80. The third-order valence-electron chi connectivity index (χ3n) is 3.43. The fraction of sp³-hybridized carbons (Fsp3) is 0.538. The molecule has 88 valence electrons. The summed E-state index contributed by atoms with van der Waals surface area (Å²) in [5, 5.41) is 0. The van der Waals surface area contributed by atoms with Gasteiger partial charge < -0.3 is 10.6 Å². The first-order chi connectivity index (χ1) is 7.59. The number of halogens is 1. The highest BCUT2D eigenvalue weighted by Gasteiger charge is 2.32. The van der Waals surface area contributed by atoms with Gasteiger partial charge in [0.2, 0.25) is 0 Å². The van der Waals surface area contributed by atoms with Gasteiger partial charge in [0, 0.05) is 16.6 Å². The number of nitrogens with two attached hydrogens (primary N) is 1. The molecule has 1 heterocycles. The van der Waals surface area contributed by atoms with E-state index in [1.54, 1.807) is 0 Å². The molecule has 0 aromatic heterocycles. The molecule has 0 aliphatic carbocycles. The van der Waals surface area contributed by atoms with Gasteiger partial charge in [-0.1, -0.05) is 34.1 Å². The monoisotopic (exact) mass is 282 g/mol. The van der Waals surface area contributed by atoms with Crippen molar-refractivity contribution in [3.63, 3.8) is 0 Å². The van der Waals surface area contributed by atoms with Crippen LogP contribution in [-0.2, 0) is 6.42 Å². The number of likely N-dealkylation sites (tertiary alicyclic amines) is 1. The van der Waals surface area contributed by atoms with Gasteiger partial charge in [-0.05, 0) is 44.5 Å². The highest BCUT2D eigenvalue weighted by molar-refractivity contribution is 9.10. The number of likely N-dealkylation sites (N-methyl/N-ethyl adjacent to an activating group) is 1. The smallest absolute Gasteiger partial charge is 0.0298 e. The molecule has 1 aromatic rings. The molecular weight excluding hydrogens is 264 g/mol. The van der Waals surface area contributed by atoms with Crippen molar-refractivity contribution in [2.75, 3.05) is 20.1 Å². The minimum Gasteiger partial charge on any atom is -0.324 e. The van der Waals surface area contributed by atoms with Crippen molar-refractivity contribution in [3.05, 3.63) is 34.3 Å². The van der Waals surface area contributed by atoms with E-state index >= 15 is 0 Å². The largest absolute Gasteiger partial charge is 0.324 e. The average molecular weight is 283 g/mol. The van der Waals surface area contributed by atoms with Crippen LogP contribution in [0.2, 0.25) is 0 Å². The Morgan fingerprint density at radius 1 is 1.44 bits per heavy atom. The van der Waals surface area contributed by atoms with Crippen LogP contribution in [0, 0.1) is 0 Å². The van der Waals surface area contributed by atoms with E-state index in [1.165, 1.54) is 10.0 Å². The van der Waals surface area contributed by atoms with Crippen LogP contribution in [0.25, 0.3) is 0 Å². The van der Waals surface area contributed by atoms with Gasteiger partial charge in [0.15, 0.2) is 0 Å². The summed E-state index contributed by atoms with van der Waals surface area (Å²) in [5.41, 5.74) is 7.77. The molecule has 1 aromatic carbocycles. The second-order valence-corrected chi connectivity index (χ2v) is 5.80. The summed E-state index contributed by atoms with van der Waals surface area (Å²) < 4.78 is 1.20. The predicted octanol–water partition coefficient (Wildman–Crippen LogP) is 2.41. The predicted molar refractivity (Wildman–Crippen MR) is 71.5 cm³/mol. The second-order valence-electron chi connectivity index (χ2n) is 4.94. The number of rotatable bonds is 3. The molecule has 2 nitrogen and oxygen atoms in total. The Balaban J connectivity index is 1.95. The first kappa shape index (κ1) is 12.1. The van der Waals surface area contributed by atoms with Crippen molar-refractivity contribution in [3.8, 4) is 0 Å². The van der Waals surface area contributed by atoms with Crippen molar-refractivity contribution in [2.24, 2.45) is 5.73 Å². The zero-order valence-electron chi connectivity index (χ0n) is 9.75. The fourth-order valence-corrected chi connectivity index (χ4v) is 2.88. The number of hydrogen-bond acceptors (Lipinski definition) is 2. The van der Waals surface area contributed by atoms with Crippen molar-refractivity contribution >= 4 is 15.9 Å². The molecule has 1 aliphatic heterocycles. The zero-order chi connectivity index (χ0) is 11.6. The van der Waals surface area contributed by atoms with E-state index < -0.39 is 0 Å². The topological polar surface area (TPSA) is 29.3 Å². The summed E-state index contributed by atoms with van der Waals surface area (Å²) in [5.74, 6) is 0. The van der Waals surface area contributed by atoms with Crippen LogP contribution in [-0.4, -0.2) is 30.6 Å². The maximum atomic E-state index is 6.39. The molecule has 0 amide bonds. The van der Waals surface area contributed by atoms with Crippen LogP contribution in [0.1, 0.15) is 18.4 Å². The molecule has 0 radical (unpaired) electrons. The van der Waals surface area contributed by atoms with E-state index in [-0.39, 0.29) is 5.54 Å². The van der Waals surface area contributed by atoms with E-state index in [0.717, 1.165) is 32.4 Å². The molecule has 0 spiro atoms. The molecule has 1 atom stereocenters. The molecule has 1 unspecified atom stereocenters. The minimum atomic E-state index is 0.0179. The third-order valence-corrected chi connectivity index (χ3v) is 4.20. The highest BCUT2D eigenvalue weighted by atomic mass is 79.9. The summed E-state index contributed by atoms with van der Waals surface area (Å²) in [4.78, 5) is 2.32. The lowest BCUT2D eigenvalue weighted by atomic mass is 9.91. The van der Waals surface area contributed by atoms with Crippen LogP contribution < -0.4 is 5.73 Å². The molecule has 16 heavy (non-hydrogen) atoms. The van der Waals surface area contributed by atoms with Crippen LogP contribution >= 0.6 is 15.9 Å². The highest BCUT2D eigenvalue weighted by Crippen LogP contribution is 2.25. The Morgan fingerprint density at radius 2 is 2.19 bits per heavy atom. The number of aryl methyl sites for hydroxylation is 1. The lowest BCUT2D eigenvalue weighted by Gasteiger charge is -2.23. The van der Waals surface area contributed by atoms with E-state index in [4.69, 9.17) is 5.73 Å². The minimum absolute atomic E-state index is 0.0179. The SMILES string of the molecule is CN1CCC(N)(CCc2ccccc2Br)C1. The van der Waals surface area contributed by atoms with Crippen molar-refractivity contribution in [2.45, 2.75) is 24.8 Å². The van der Waals surface area contributed by atoms with Crippen molar-refractivity contribution in [1.29, 1.82) is 0 Å². The molecule has 2 N–H and O–H groups in total. The number of benzene rings is 1. The fourth-order valence-electron chi connectivity index (χ4n) is 2.40. The number of hydrogen-bond donors (Lipinski definition) is 1. The van der Waals surface area contributed by atoms with Crippen LogP contribution in [0.3, 0.4) is 0 Å². The maximum absolute atomic E-state index is 6.39. The Labute approximate surface area is 106 Å². The van der Waals surface area contributed by atoms with E-state index in [0.29, 0.717) is 0 Å². The Kier molecular flexibility index (Phi) is 3.67. The summed E-state index contributed by atoms with van der Waals surface area (Å²) in [6.07, 6.45) is 3.25. The van der Waals surface area contributed by atoms with Crippen LogP contribution in [0.15, 0.2) is 28.7 Å². The summed E-state index contributed by atoms with van der Waals surface area (Å²) in [6, 6.07) is 8.41. The molecular formula is C13H19BrN2. The summed E-state index contributed by atoms with van der Waals surface area (Å²) in [6.45, 7) is 2.16.